The van der Waals surface area contributed by atoms with Crippen LogP contribution >= 0.6 is 0 Å². The molecule has 1 fully saturated rings. The molecule has 17 heavy (non-hydrogen) atoms. The molecular weight excluding hydrogens is 206 g/mol. The van der Waals surface area contributed by atoms with E-state index in [0.717, 1.165) is 0 Å². The zero-order chi connectivity index (χ0) is 12.3. The van der Waals surface area contributed by atoms with Crippen molar-refractivity contribution in [2.75, 3.05) is 6.54 Å². The lowest BCUT2D eigenvalue weighted by molar-refractivity contribution is 0.397. The van der Waals surface area contributed by atoms with Crippen molar-refractivity contribution in [1.82, 2.24) is 5.32 Å². The van der Waals surface area contributed by atoms with E-state index in [2.05, 4.69) is 50.4 Å². The number of hydrogen-bond acceptors (Lipinski definition) is 1. The molecule has 1 saturated carbocycles. The molecule has 2 rings (SSSR count). The third kappa shape index (κ3) is 3.10. The highest BCUT2D eigenvalue weighted by molar-refractivity contribution is 5.28. The smallest absolute Gasteiger partial charge is 0.0294 e. The van der Waals surface area contributed by atoms with Gasteiger partial charge in [-0.05, 0) is 49.7 Å². The largest absolute Gasteiger partial charge is 0.310 e. The van der Waals surface area contributed by atoms with Gasteiger partial charge in [-0.1, -0.05) is 37.6 Å². The molecule has 1 heteroatoms. The Balaban J connectivity index is 1.90. The summed E-state index contributed by atoms with van der Waals surface area (Å²) in [7, 11) is 0. The lowest BCUT2D eigenvalue weighted by atomic mass is 9.98. The predicted octanol–water partition coefficient (Wildman–Crippen LogP) is 4.23. The second-order valence-corrected chi connectivity index (χ2v) is 5.71. The van der Waals surface area contributed by atoms with E-state index < -0.39 is 0 Å². The molecular formula is C16H25N. The molecule has 1 aliphatic carbocycles. The van der Waals surface area contributed by atoms with Gasteiger partial charge in [0, 0.05) is 12.6 Å². The van der Waals surface area contributed by atoms with Crippen LogP contribution in [-0.4, -0.2) is 6.54 Å². The number of rotatable bonds is 6. The van der Waals surface area contributed by atoms with Crippen LogP contribution in [-0.2, 0) is 0 Å². The standard InChI is InChI=1S/C16H25N/c1-4-9-16(10-11-16)12-17-14(3)15-8-6-5-7-13(15)2/h5-8,14,17H,4,9-12H2,1-3H3. The summed E-state index contributed by atoms with van der Waals surface area (Å²) in [4.78, 5) is 0. The van der Waals surface area contributed by atoms with Gasteiger partial charge in [-0.2, -0.15) is 0 Å². The molecule has 0 saturated heterocycles. The summed E-state index contributed by atoms with van der Waals surface area (Å²) < 4.78 is 0. The number of aryl methyl sites for hydroxylation is 1. The summed E-state index contributed by atoms with van der Waals surface area (Å²) >= 11 is 0. The topological polar surface area (TPSA) is 12.0 Å². The first-order valence-electron chi connectivity index (χ1n) is 6.96. The van der Waals surface area contributed by atoms with Crippen molar-refractivity contribution in [2.45, 2.75) is 52.5 Å². The summed E-state index contributed by atoms with van der Waals surface area (Å²) in [5.41, 5.74) is 3.48. The number of benzene rings is 1. The fourth-order valence-corrected chi connectivity index (χ4v) is 2.77. The van der Waals surface area contributed by atoms with Crippen LogP contribution in [0.3, 0.4) is 0 Å². The normalized spacial score (nSPS) is 19.0. The molecule has 1 N–H and O–H groups in total. The van der Waals surface area contributed by atoms with Gasteiger partial charge in [-0.3, -0.25) is 0 Å². The third-order valence-corrected chi connectivity index (χ3v) is 4.18. The highest BCUT2D eigenvalue weighted by atomic mass is 14.9. The summed E-state index contributed by atoms with van der Waals surface area (Å²) in [6, 6.07) is 9.18. The van der Waals surface area contributed by atoms with Crippen molar-refractivity contribution in [2.24, 2.45) is 5.41 Å². The fourth-order valence-electron chi connectivity index (χ4n) is 2.77. The number of hydrogen-bond donors (Lipinski definition) is 1. The molecule has 1 atom stereocenters. The van der Waals surface area contributed by atoms with E-state index in [1.807, 2.05) is 0 Å². The minimum absolute atomic E-state index is 0.477. The van der Waals surface area contributed by atoms with Gasteiger partial charge in [-0.15, -0.1) is 0 Å². The maximum atomic E-state index is 3.73. The number of nitrogens with one attached hydrogen (secondary N) is 1. The third-order valence-electron chi connectivity index (χ3n) is 4.18. The Hall–Kier alpha value is -0.820. The van der Waals surface area contributed by atoms with Gasteiger partial charge in [0.15, 0.2) is 0 Å². The first-order chi connectivity index (χ1) is 8.17. The van der Waals surface area contributed by atoms with E-state index in [1.165, 1.54) is 43.4 Å². The van der Waals surface area contributed by atoms with E-state index in [1.54, 1.807) is 0 Å². The van der Waals surface area contributed by atoms with Crippen LogP contribution < -0.4 is 5.32 Å². The van der Waals surface area contributed by atoms with Gasteiger partial charge in [0.2, 0.25) is 0 Å². The van der Waals surface area contributed by atoms with E-state index in [0.29, 0.717) is 11.5 Å². The van der Waals surface area contributed by atoms with E-state index >= 15 is 0 Å². The summed E-state index contributed by atoms with van der Waals surface area (Å²) in [6.45, 7) is 7.97. The molecule has 0 heterocycles. The average molecular weight is 231 g/mol. The van der Waals surface area contributed by atoms with Gasteiger partial charge in [0.1, 0.15) is 0 Å². The fraction of sp³-hybridized carbons (Fsp3) is 0.625. The quantitative estimate of drug-likeness (QED) is 0.772. The first-order valence-corrected chi connectivity index (χ1v) is 6.96. The summed E-state index contributed by atoms with van der Waals surface area (Å²) in [5.74, 6) is 0. The van der Waals surface area contributed by atoms with E-state index in [-0.39, 0.29) is 0 Å². The van der Waals surface area contributed by atoms with Crippen molar-refractivity contribution in [3.8, 4) is 0 Å². The molecule has 0 aliphatic heterocycles. The molecule has 0 spiro atoms. The Kier molecular flexibility index (Phi) is 3.88. The predicted molar refractivity (Wildman–Crippen MR) is 74.2 cm³/mol. The lowest BCUT2D eigenvalue weighted by Crippen LogP contribution is -2.27. The first kappa shape index (κ1) is 12.6. The zero-order valence-electron chi connectivity index (χ0n) is 11.4. The van der Waals surface area contributed by atoms with Crippen LogP contribution in [0.25, 0.3) is 0 Å². The second-order valence-electron chi connectivity index (χ2n) is 5.71. The lowest BCUT2D eigenvalue weighted by Gasteiger charge is -2.21. The molecule has 0 amide bonds. The molecule has 0 radical (unpaired) electrons. The Labute approximate surface area is 106 Å². The Morgan fingerprint density at radius 2 is 2.00 bits per heavy atom. The molecule has 1 aromatic carbocycles. The van der Waals surface area contributed by atoms with E-state index in [4.69, 9.17) is 0 Å². The minimum Gasteiger partial charge on any atom is -0.310 e. The zero-order valence-corrected chi connectivity index (χ0v) is 11.4. The Bertz CT molecular complexity index is 366. The molecule has 0 aromatic heterocycles. The van der Waals surface area contributed by atoms with Crippen molar-refractivity contribution >= 4 is 0 Å². The van der Waals surface area contributed by atoms with Crippen molar-refractivity contribution in [1.29, 1.82) is 0 Å². The Morgan fingerprint density at radius 3 is 2.59 bits per heavy atom. The van der Waals surface area contributed by atoms with Crippen LogP contribution in [0, 0.1) is 12.3 Å². The van der Waals surface area contributed by atoms with Crippen molar-refractivity contribution < 1.29 is 0 Å². The molecule has 0 bridgehead atoms. The second kappa shape index (κ2) is 5.22. The molecule has 1 unspecified atom stereocenters. The minimum atomic E-state index is 0.477. The Morgan fingerprint density at radius 1 is 1.29 bits per heavy atom. The van der Waals surface area contributed by atoms with Crippen molar-refractivity contribution in [3.63, 3.8) is 0 Å². The van der Waals surface area contributed by atoms with Crippen molar-refractivity contribution in [3.05, 3.63) is 35.4 Å². The summed E-state index contributed by atoms with van der Waals surface area (Å²) in [6.07, 6.45) is 5.56. The van der Waals surface area contributed by atoms with Crippen LogP contribution in [0.5, 0.6) is 0 Å². The van der Waals surface area contributed by atoms with Gasteiger partial charge < -0.3 is 5.32 Å². The highest BCUT2D eigenvalue weighted by Crippen LogP contribution is 2.49. The van der Waals surface area contributed by atoms with Crippen LogP contribution in [0.2, 0.25) is 0 Å². The maximum absolute atomic E-state index is 3.73. The average Bonchev–Trinajstić information content (AvgIpc) is 3.08. The molecule has 1 nitrogen and oxygen atoms in total. The van der Waals surface area contributed by atoms with E-state index in [9.17, 15) is 0 Å². The van der Waals surface area contributed by atoms with Gasteiger partial charge in [0.25, 0.3) is 0 Å². The van der Waals surface area contributed by atoms with Gasteiger partial charge in [0.05, 0.1) is 0 Å². The van der Waals surface area contributed by atoms with Gasteiger partial charge >= 0.3 is 0 Å². The van der Waals surface area contributed by atoms with Gasteiger partial charge in [-0.25, -0.2) is 0 Å². The van der Waals surface area contributed by atoms with Crippen LogP contribution in [0.15, 0.2) is 24.3 Å². The van der Waals surface area contributed by atoms with Crippen LogP contribution in [0.4, 0.5) is 0 Å². The monoisotopic (exact) mass is 231 g/mol. The van der Waals surface area contributed by atoms with Crippen LogP contribution in [0.1, 0.15) is 56.7 Å². The maximum Gasteiger partial charge on any atom is 0.0294 e. The molecule has 94 valence electrons. The molecule has 1 aliphatic rings. The highest BCUT2D eigenvalue weighted by Gasteiger charge is 2.41. The SMILES string of the molecule is CCCC1(CNC(C)c2ccccc2C)CC1. The molecule has 1 aromatic rings. The summed E-state index contributed by atoms with van der Waals surface area (Å²) in [5, 5.41) is 3.73.